The van der Waals surface area contributed by atoms with Crippen molar-refractivity contribution in [1.82, 2.24) is 10.3 Å². The van der Waals surface area contributed by atoms with Gasteiger partial charge in [-0.3, -0.25) is 0 Å². The Bertz CT molecular complexity index is 495. The molecule has 3 nitrogen and oxygen atoms in total. The van der Waals surface area contributed by atoms with Crippen molar-refractivity contribution in [2.45, 2.75) is 25.8 Å². The van der Waals surface area contributed by atoms with Gasteiger partial charge in [-0.1, -0.05) is 30.3 Å². The van der Waals surface area contributed by atoms with Crippen LogP contribution in [0.2, 0.25) is 0 Å². The maximum Gasteiger partial charge on any atom is 0.109 e. The van der Waals surface area contributed by atoms with Gasteiger partial charge in [0.1, 0.15) is 5.01 Å². The minimum absolute atomic E-state index is 0.275. The van der Waals surface area contributed by atoms with Gasteiger partial charge >= 0.3 is 0 Å². The number of thiazole rings is 1. The van der Waals surface area contributed by atoms with Crippen LogP contribution in [0.3, 0.4) is 0 Å². The lowest BCUT2D eigenvalue weighted by molar-refractivity contribution is 0.521. The molecule has 1 aromatic heterocycles. The van der Waals surface area contributed by atoms with Gasteiger partial charge in [0.2, 0.25) is 0 Å². The SMILES string of the molecule is Cc1cnc(C(C)NCC(CN)c2ccccc2)s1. The zero-order valence-corrected chi connectivity index (χ0v) is 12.3. The predicted molar refractivity (Wildman–Crippen MR) is 81.5 cm³/mol. The van der Waals surface area contributed by atoms with Crippen molar-refractivity contribution in [2.75, 3.05) is 13.1 Å². The normalized spacial score (nSPS) is 14.3. The summed E-state index contributed by atoms with van der Waals surface area (Å²) >= 11 is 1.75. The van der Waals surface area contributed by atoms with Crippen LogP contribution < -0.4 is 11.1 Å². The van der Waals surface area contributed by atoms with E-state index in [1.807, 2.05) is 12.3 Å². The number of hydrogen-bond donors (Lipinski definition) is 2. The number of rotatable bonds is 6. The quantitative estimate of drug-likeness (QED) is 0.852. The molecule has 102 valence electrons. The van der Waals surface area contributed by atoms with Crippen molar-refractivity contribution in [3.63, 3.8) is 0 Å². The largest absolute Gasteiger partial charge is 0.330 e. The smallest absolute Gasteiger partial charge is 0.109 e. The molecule has 2 aromatic rings. The van der Waals surface area contributed by atoms with Crippen molar-refractivity contribution in [2.24, 2.45) is 5.73 Å². The van der Waals surface area contributed by atoms with Crippen LogP contribution in [0.25, 0.3) is 0 Å². The highest BCUT2D eigenvalue weighted by molar-refractivity contribution is 7.11. The fourth-order valence-electron chi connectivity index (χ4n) is 2.04. The van der Waals surface area contributed by atoms with Crippen LogP contribution in [0.1, 0.15) is 34.3 Å². The summed E-state index contributed by atoms with van der Waals surface area (Å²) in [5, 5.41) is 4.67. The molecule has 0 radical (unpaired) electrons. The van der Waals surface area contributed by atoms with Gasteiger partial charge in [0, 0.05) is 30.1 Å². The first-order chi connectivity index (χ1) is 9.20. The highest BCUT2D eigenvalue weighted by Gasteiger charge is 2.13. The second-order valence-electron chi connectivity index (χ2n) is 4.78. The lowest BCUT2D eigenvalue weighted by atomic mass is 9.99. The molecule has 0 bridgehead atoms. The fourth-order valence-corrected chi connectivity index (χ4v) is 2.84. The minimum Gasteiger partial charge on any atom is -0.330 e. The summed E-state index contributed by atoms with van der Waals surface area (Å²) in [5.41, 5.74) is 7.17. The van der Waals surface area contributed by atoms with E-state index in [0.717, 1.165) is 11.6 Å². The third-order valence-electron chi connectivity index (χ3n) is 3.24. The summed E-state index contributed by atoms with van der Waals surface area (Å²) in [6.07, 6.45) is 1.93. The Morgan fingerprint density at radius 2 is 2.05 bits per heavy atom. The molecule has 1 heterocycles. The van der Waals surface area contributed by atoms with Gasteiger partial charge in [0.15, 0.2) is 0 Å². The predicted octanol–water partition coefficient (Wildman–Crippen LogP) is 2.84. The first-order valence-corrected chi connectivity index (χ1v) is 7.43. The molecular formula is C15H21N3S. The van der Waals surface area contributed by atoms with E-state index in [1.165, 1.54) is 10.4 Å². The van der Waals surface area contributed by atoms with E-state index in [4.69, 9.17) is 5.73 Å². The van der Waals surface area contributed by atoms with Crippen molar-refractivity contribution in [3.05, 3.63) is 52.0 Å². The van der Waals surface area contributed by atoms with Gasteiger partial charge in [0.05, 0.1) is 6.04 Å². The van der Waals surface area contributed by atoms with E-state index in [2.05, 4.69) is 48.4 Å². The lowest BCUT2D eigenvalue weighted by Gasteiger charge is -2.18. The molecule has 1 aromatic carbocycles. The molecule has 2 unspecified atom stereocenters. The van der Waals surface area contributed by atoms with Crippen LogP contribution in [0.4, 0.5) is 0 Å². The Labute approximate surface area is 118 Å². The van der Waals surface area contributed by atoms with Crippen LogP contribution in [-0.2, 0) is 0 Å². The molecule has 0 amide bonds. The molecule has 2 atom stereocenters. The molecule has 0 aliphatic heterocycles. The molecule has 0 spiro atoms. The maximum absolute atomic E-state index is 5.88. The van der Waals surface area contributed by atoms with Gasteiger partial charge < -0.3 is 11.1 Å². The van der Waals surface area contributed by atoms with Crippen LogP contribution in [0.15, 0.2) is 36.5 Å². The van der Waals surface area contributed by atoms with E-state index >= 15 is 0 Å². The zero-order chi connectivity index (χ0) is 13.7. The maximum atomic E-state index is 5.88. The van der Waals surface area contributed by atoms with Crippen LogP contribution >= 0.6 is 11.3 Å². The first-order valence-electron chi connectivity index (χ1n) is 6.61. The molecule has 0 saturated heterocycles. The number of aromatic nitrogens is 1. The first kappa shape index (κ1) is 14.2. The van der Waals surface area contributed by atoms with Gasteiger partial charge in [-0.25, -0.2) is 4.98 Å². The van der Waals surface area contributed by atoms with E-state index in [9.17, 15) is 0 Å². The van der Waals surface area contributed by atoms with Crippen LogP contribution in [-0.4, -0.2) is 18.1 Å². The molecule has 0 aliphatic rings. The van der Waals surface area contributed by atoms with Crippen molar-refractivity contribution < 1.29 is 0 Å². The Hall–Kier alpha value is -1.23. The fraction of sp³-hybridized carbons (Fsp3) is 0.400. The van der Waals surface area contributed by atoms with Crippen molar-refractivity contribution in [1.29, 1.82) is 0 Å². The van der Waals surface area contributed by atoms with Gasteiger partial charge in [-0.05, 0) is 19.4 Å². The number of aryl methyl sites for hydroxylation is 1. The topological polar surface area (TPSA) is 50.9 Å². The molecule has 0 fully saturated rings. The average Bonchev–Trinajstić information content (AvgIpc) is 2.87. The Morgan fingerprint density at radius 1 is 1.32 bits per heavy atom. The summed E-state index contributed by atoms with van der Waals surface area (Å²) in [4.78, 5) is 5.67. The van der Waals surface area contributed by atoms with Gasteiger partial charge in [-0.2, -0.15) is 0 Å². The van der Waals surface area contributed by atoms with E-state index in [-0.39, 0.29) is 6.04 Å². The number of nitrogens with zero attached hydrogens (tertiary/aromatic N) is 1. The van der Waals surface area contributed by atoms with Crippen molar-refractivity contribution >= 4 is 11.3 Å². The molecule has 4 heteroatoms. The summed E-state index contributed by atoms with van der Waals surface area (Å²) in [7, 11) is 0. The molecule has 0 aliphatic carbocycles. The number of nitrogens with one attached hydrogen (secondary N) is 1. The van der Waals surface area contributed by atoms with E-state index < -0.39 is 0 Å². The Morgan fingerprint density at radius 3 is 2.63 bits per heavy atom. The highest BCUT2D eigenvalue weighted by Crippen LogP contribution is 2.20. The average molecular weight is 275 g/mol. The molecular weight excluding hydrogens is 254 g/mol. The Balaban J connectivity index is 1.93. The summed E-state index contributed by atoms with van der Waals surface area (Å²) < 4.78 is 0. The van der Waals surface area contributed by atoms with E-state index in [1.54, 1.807) is 11.3 Å². The molecule has 0 saturated carbocycles. The molecule has 2 rings (SSSR count). The summed E-state index contributed by atoms with van der Waals surface area (Å²) in [6, 6.07) is 10.7. The zero-order valence-electron chi connectivity index (χ0n) is 11.5. The lowest BCUT2D eigenvalue weighted by Crippen LogP contribution is -2.28. The summed E-state index contributed by atoms with van der Waals surface area (Å²) in [6.45, 7) is 5.76. The monoisotopic (exact) mass is 275 g/mol. The number of nitrogens with two attached hydrogens (primary N) is 1. The van der Waals surface area contributed by atoms with Gasteiger partial charge in [0.25, 0.3) is 0 Å². The third-order valence-corrected chi connectivity index (χ3v) is 4.33. The van der Waals surface area contributed by atoms with Crippen LogP contribution in [0.5, 0.6) is 0 Å². The standard InChI is InChI=1S/C15H21N3S/c1-11-9-18-15(19-11)12(2)17-10-14(8-16)13-6-4-3-5-7-13/h3-7,9,12,14,17H,8,10,16H2,1-2H3. The van der Waals surface area contributed by atoms with Crippen molar-refractivity contribution in [3.8, 4) is 0 Å². The minimum atomic E-state index is 0.275. The molecule has 3 N–H and O–H groups in total. The van der Waals surface area contributed by atoms with Gasteiger partial charge in [-0.15, -0.1) is 11.3 Å². The second-order valence-corrected chi connectivity index (χ2v) is 6.05. The third kappa shape index (κ3) is 3.86. The molecule has 19 heavy (non-hydrogen) atoms. The number of benzene rings is 1. The van der Waals surface area contributed by atoms with E-state index in [0.29, 0.717) is 12.5 Å². The highest BCUT2D eigenvalue weighted by atomic mass is 32.1. The number of hydrogen-bond acceptors (Lipinski definition) is 4. The van der Waals surface area contributed by atoms with Crippen LogP contribution in [0, 0.1) is 6.92 Å². The Kier molecular flexibility index (Phi) is 5.07. The second kappa shape index (κ2) is 6.80. The summed E-state index contributed by atoms with van der Waals surface area (Å²) in [5.74, 6) is 0.352.